The van der Waals surface area contributed by atoms with Crippen LogP contribution in [0.5, 0.6) is 0 Å². The predicted molar refractivity (Wildman–Crippen MR) is 86.2 cm³/mol. The van der Waals surface area contributed by atoms with E-state index < -0.39 is 5.97 Å². The summed E-state index contributed by atoms with van der Waals surface area (Å²) in [6.45, 7) is 0.441. The van der Waals surface area contributed by atoms with Gasteiger partial charge in [0, 0.05) is 24.4 Å². The molecule has 0 fully saturated rings. The Kier molecular flexibility index (Phi) is 6.71. The van der Waals surface area contributed by atoms with E-state index in [4.69, 9.17) is 9.94 Å². The Morgan fingerprint density at radius 1 is 1.13 bits per heavy atom. The van der Waals surface area contributed by atoms with E-state index in [0.29, 0.717) is 24.4 Å². The van der Waals surface area contributed by atoms with Gasteiger partial charge in [0.05, 0.1) is 6.20 Å². The number of unbranched alkanes of at least 4 members (excludes halogenated alkanes) is 2. The highest BCUT2D eigenvalue weighted by Gasteiger charge is 2.09. The number of carboxylic acids is 1. The number of oxime groups is 1. The number of carboxylic acid groups (broad SMARTS) is 1. The van der Waals surface area contributed by atoms with Gasteiger partial charge >= 0.3 is 5.97 Å². The molecule has 2 aromatic rings. The SMILES string of the molecule is O=C(O)CCCCCO/N=C(\c1ccccc1)c1cnccn1. The standard InChI is InChI=1S/C17H19N3O3/c21-16(22)9-5-2-6-12-23-20-17(14-7-3-1-4-8-14)15-13-18-10-11-19-15/h1,3-4,7-8,10-11,13H,2,5-6,9,12H2,(H,21,22)/b20-17+. The van der Waals surface area contributed by atoms with Gasteiger partial charge in [-0.25, -0.2) is 0 Å². The molecule has 6 heteroatoms. The molecule has 1 aromatic carbocycles. The number of benzene rings is 1. The molecule has 120 valence electrons. The predicted octanol–water partition coefficient (Wildman–Crippen LogP) is 2.89. The normalized spacial score (nSPS) is 11.2. The summed E-state index contributed by atoms with van der Waals surface area (Å²) in [5.74, 6) is -0.766. The maximum Gasteiger partial charge on any atom is 0.303 e. The average Bonchev–Trinajstić information content (AvgIpc) is 2.59. The van der Waals surface area contributed by atoms with Crippen molar-refractivity contribution in [2.24, 2.45) is 5.16 Å². The Bertz CT molecular complexity index is 589. The molecule has 0 spiro atoms. The van der Waals surface area contributed by atoms with Crippen LogP contribution in [-0.4, -0.2) is 33.4 Å². The van der Waals surface area contributed by atoms with Gasteiger partial charge in [-0.3, -0.25) is 14.8 Å². The molecule has 0 atom stereocenters. The van der Waals surface area contributed by atoms with Gasteiger partial charge in [0.25, 0.3) is 0 Å². The Hall–Kier alpha value is -2.76. The van der Waals surface area contributed by atoms with Crippen molar-refractivity contribution < 1.29 is 14.7 Å². The van der Waals surface area contributed by atoms with Crippen molar-refractivity contribution in [3.8, 4) is 0 Å². The summed E-state index contributed by atoms with van der Waals surface area (Å²) < 4.78 is 0. The van der Waals surface area contributed by atoms with Gasteiger partial charge in [-0.15, -0.1) is 0 Å². The molecular weight excluding hydrogens is 294 g/mol. The van der Waals surface area contributed by atoms with E-state index in [1.54, 1.807) is 18.6 Å². The minimum Gasteiger partial charge on any atom is -0.481 e. The molecule has 0 aliphatic heterocycles. The number of carbonyl (C=O) groups is 1. The van der Waals surface area contributed by atoms with Crippen LogP contribution < -0.4 is 0 Å². The second-order valence-corrected chi connectivity index (χ2v) is 4.93. The topological polar surface area (TPSA) is 84.7 Å². The monoisotopic (exact) mass is 313 g/mol. The van der Waals surface area contributed by atoms with Gasteiger partial charge in [0.15, 0.2) is 0 Å². The zero-order valence-electron chi connectivity index (χ0n) is 12.8. The second-order valence-electron chi connectivity index (χ2n) is 4.93. The van der Waals surface area contributed by atoms with Gasteiger partial charge in [-0.2, -0.15) is 0 Å². The summed E-state index contributed by atoms with van der Waals surface area (Å²) in [7, 11) is 0. The molecular formula is C17H19N3O3. The fraction of sp³-hybridized carbons (Fsp3) is 0.294. The average molecular weight is 313 g/mol. The number of aromatic nitrogens is 2. The molecule has 6 nitrogen and oxygen atoms in total. The van der Waals surface area contributed by atoms with Crippen LogP contribution in [-0.2, 0) is 9.63 Å². The molecule has 0 saturated carbocycles. The molecule has 0 aliphatic rings. The van der Waals surface area contributed by atoms with Gasteiger partial charge in [0.2, 0.25) is 0 Å². The lowest BCUT2D eigenvalue weighted by atomic mass is 10.1. The molecule has 1 heterocycles. The fourth-order valence-electron chi connectivity index (χ4n) is 1.99. The first kappa shape index (κ1) is 16.6. The van der Waals surface area contributed by atoms with E-state index in [-0.39, 0.29) is 6.42 Å². The van der Waals surface area contributed by atoms with Crippen molar-refractivity contribution in [2.45, 2.75) is 25.7 Å². The van der Waals surface area contributed by atoms with Gasteiger partial charge < -0.3 is 9.94 Å². The van der Waals surface area contributed by atoms with E-state index in [0.717, 1.165) is 18.4 Å². The van der Waals surface area contributed by atoms with Crippen LogP contribution >= 0.6 is 0 Å². The summed E-state index contributed by atoms with van der Waals surface area (Å²) in [5, 5.41) is 12.8. The molecule has 0 amide bonds. The second kappa shape index (κ2) is 9.30. The first-order valence-corrected chi connectivity index (χ1v) is 7.51. The zero-order valence-corrected chi connectivity index (χ0v) is 12.8. The summed E-state index contributed by atoms with van der Waals surface area (Å²) in [6, 6.07) is 9.65. The van der Waals surface area contributed by atoms with Crippen LogP contribution in [0.3, 0.4) is 0 Å². The number of hydrogen-bond acceptors (Lipinski definition) is 5. The Morgan fingerprint density at radius 2 is 1.96 bits per heavy atom. The number of hydrogen-bond donors (Lipinski definition) is 1. The van der Waals surface area contributed by atoms with Crippen molar-refractivity contribution in [1.29, 1.82) is 0 Å². The van der Waals surface area contributed by atoms with E-state index in [2.05, 4.69) is 15.1 Å². The summed E-state index contributed by atoms with van der Waals surface area (Å²) in [4.78, 5) is 24.1. The van der Waals surface area contributed by atoms with Crippen LogP contribution in [0.15, 0.2) is 54.1 Å². The molecule has 1 N–H and O–H groups in total. The van der Waals surface area contributed by atoms with E-state index in [9.17, 15) is 4.79 Å². The lowest BCUT2D eigenvalue weighted by Crippen LogP contribution is -2.07. The molecule has 1 aromatic heterocycles. The third kappa shape index (κ3) is 5.86. The molecule has 0 unspecified atom stereocenters. The molecule has 23 heavy (non-hydrogen) atoms. The molecule has 0 radical (unpaired) electrons. The third-order valence-corrected chi connectivity index (χ3v) is 3.14. The fourth-order valence-corrected chi connectivity index (χ4v) is 1.99. The van der Waals surface area contributed by atoms with Gasteiger partial charge in [-0.1, -0.05) is 35.5 Å². The Labute approximate surface area is 134 Å². The highest BCUT2D eigenvalue weighted by Crippen LogP contribution is 2.09. The molecule has 0 aliphatic carbocycles. The van der Waals surface area contributed by atoms with E-state index in [1.807, 2.05) is 30.3 Å². The van der Waals surface area contributed by atoms with Crippen LogP contribution in [0.4, 0.5) is 0 Å². The largest absolute Gasteiger partial charge is 0.481 e. The maximum absolute atomic E-state index is 10.4. The number of nitrogens with zero attached hydrogens (tertiary/aromatic N) is 3. The molecule has 2 rings (SSSR count). The van der Waals surface area contributed by atoms with Crippen LogP contribution in [0, 0.1) is 0 Å². The quantitative estimate of drug-likeness (QED) is 0.437. The Morgan fingerprint density at radius 3 is 2.65 bits per heavy atom. The number of aliphatic carboxylic acids is 1. The summed E-state index contributed by atoms with van der Waals surface area (Å²) in [6.07, 6.45) is 7.26. The lowest BCUT2D eigenvalue weighted by Gasteiger charge is -2.06. The van der Waals surface area contributed by atoms with Crippen molar-refractivity contribution in [3.05, 3.63) is 60.2 Å². The van der Waals surface area contributed by atoms with E-state index >= 15 is 0 Å². The minimum absolute atomic E-state index is 0.193. The van der Waals surface area contributed by atoms with Gasteiger partial charge in [-0.05, 0) is 19.3 Å². The first-order chi connectivity index (χ1) is 11.3. The van der Waals surface area contributed by atoms with Crippen molar-refractivity contribution >= 4 is 11.7 Å². The third-order valence-electron chi connectivity index (χ3n) is 3.14. The highest BCUT2D eigenvalue weighted by atomic mass is 16.6. The highest BCUT2D eigenvalue weighted by molar-refractivity contribution is 6.11. The van der Waals surface area contributed by atoms with Crippen LogP contribution in [0.1, 0.15) is 36.9 Å². The summed E-state index contributed by atoms with van der Waals surface area (Å²) in [5.41, 5.74) is 2.17. The molecule has 0 saturated heterocycles. The number of rotatable bonds is 9. The first-order valence-electron chi connectivity index (χ1n) is 7.51. The Balaban J connectivity index is 1.94. The van der Waals surface area contributed by atoms with Crippen molar-refractivity contribution in [1.82, 2.24) is 9.97 Å². The maximum atomic E-state index is 10.4. The smallest absolute Gasteiger partial charge is 0.303 e. The van der Waals surface area contributed by atoms with Crippen LogP contribution in [0.25, 0.3) is 0 Å². The van der Waals surface area contributed by atoms with E-state index in [1.165, 1.54) is 0 Å². The van der Waals surface area contributed by atoms with Gasteiger partial charge in [0.1, 0.15) is 18.0 Å². The van der Waals surface area contributed by atoms with Crippen molar-refractivity contribution in [3.63, 3.8) is 0 Å². The molecule has 0 bridgehead atoms. The summed E-state index contributed by atoms with van der Waals surface area (Å²) >= 11 is 0. The van der Waals surface area contributed by atoms with Crippen molar-refractivity contribution in [2.75, 3.05) is 6.61 Å². The minimum atomic E-state index is -0.766. The zero-order chi connectivity index (χ0) is 16.3. The lowest BCUT2D eigenvalue weighted by molar-refractivity contribution is -0.137. The van der Waals surface area contributed by atoms with Crippen LogP contribution in [0.2, 0.25) is 0 Å².